The third-order valence-electron chi connectivity index (χ3n) is 5.61. The Morgan fingerprint density at radius 3 is 2.36 bits per heavy atom. The topological polar surface area (TPSA) is 49.9 Å². The van der Waals surface area contributed by atoms with Crippen LogP contribution >= 0.6 is 11.6 Å². The summed E-state index contributed by atoms with van der Waals surface area (Å²) in [6.07, 6.45) is 0.918. The van der Waals surface area contributed by atoms with Gasteiger partial charge in [0.05, 0.1) is 12.7 Å². The first kappa shape index (κ1) is 18.8. The maximum atomic E-state index is 12.9. The normalized spacial score (nSPS) is 21.4. The molecule has 0 spiro atoms. The van der Waals surface area contributed by atoms with Gasteiger partial charge < -0.3 is 14.5 Å². The summed E-state index contributed by atoms with van der Waals surface area (Å²) < 4.78 is 5.29. The monoisotopic (exact) mass is 398 g/mol. The highest BCUT2D eigenvalue weighted by Crippen LogP contribution is 2.48. The predicted octanol–water partition coefficient (Wildman–Crippen LogP) is 3.44. The number of hydrogen-bond donors (Lipinski definition) is 0. The number of carbonyl (C=O) groups excluding carboxylic acids is 2. The number of methoxy groups -OCH3 is 1. The summed E-state index contributed by atoms with van der Waals surface area (Å²) in [7, 11) is 1.54. The van der Waals surface area contributed by atoms with Crippen molar-refractivity contribution >= 4 is 23.4 Å². The molecule has 0 unspecified atom stereocenters. The molecule has 6 heteroatoms. The maximum Gasteiger partial charge on any atom is 0.257 e. The highest BCUT2D eigenvalue weighted by molar-refractivity contribution is 6.31. The number of amides is 2. The second kappa shape index (κ2) is 7.84. The molecule has 2 aromatic carbocycles. The number of halogens is 1. The third kappa shape index (κ3) is 3.72. The van der Waals surface area contributed by atoms with Crippen molar-refractivity contribution in [3.8, 4) is 5.75 Å². The molecular formula is C22H23ClN2O3. The summed E-state index contributed by atoms with van der Waals surface area (Å²) in [5.41, 5.74) is 1.70. The molecule has 2 amide bonds. The predicted molar refractivity (Wildman–Crippen MR) is 108 cm³/mol. The lowest BCUT2D eigenvalue weighted by Gasteiger charge is -2.35. The maximum absolute atomic E-state index is 12.9. The zero-order valence-electron chi connectivity index (χ0n) is 15.8. The first-order valence-corrected chi connectivity index (χ1v) is 9.93. The molecule has 1 saturated heterocycles. The van der Waals surface area contributed by atoms with Crippen molar-refractivity contribution in [2.24, 2.45) is 5.92 Å². The van der Waals surface area contributed by atoms with Gasteiger partial charge in [-0.2, -0.15) is 0 Å². The number of benzene rings is 2. The molecule has 0 N–H and O–H groups in total. The van der Waals surface area contributed by atoms with Gasteiger partial charge in [-0.3, -0.25) is 9.59 Å². The van der Waals surface area contributed by atoms with E-state index in [1.54, 1.807) is 23.1 Å². The van der Waals surface area contributed by atoms with Crippen molar-refractivity contribution in [2.45, 2.75) is 12.3 Å². The van der Waals surface area contributed by atoms with E-state index in [-0.39, 0.29) is 17.7 Å². The second-order valence-corrected chi connectivity index (χ2v) is 7.76. The van der Waals surface area contributed by atoms with Crippen LogP contribution in [0.25, 0.3) is 0 Å². The average molecular weight is 399 g/mol. The molecule has 1 heterocycles. The lowest BCUT2D eigenvalue weighted by atomic mass is 10.1. The van der Waals surface area contributed by atoms with Crippen LogP contribution in [-0.2, 0) is 4.79 Å². The molecule has 2 atom stereocenters. The van der Waals surface area contributed by atoms with Gasteiger partial charge in [-0.15, -0.1) is 0 Å². The van der Waals surface area contributed by atoms with E-state index in [1.807, 2.05) is 23.1 Å². The van der Waals surface area contributed by atoms with Gasteiger partial charge in [0.2, 0.25) is 5.91 Å². The van der Waals surface area contributed by atoms with Crippen molar-refractivity contribution in [1.29, 1.82) is 0 Å². The Bertz CT molecular complexity index is 879. The highest BCUT2D eigenvalue weighted by atomic mass is 35.5. The largest absolute Gasteiger partial charge is 0.496 e. The van der Waals surface area contributed by atoms with Crippen LogP contribution in [0, 0.1) is 5.92 Å². The number of nitrogens with zero attached hydrogens (tertiary/aromatic N) is 2. The Kier molecular flexibility index (Phi) is 5.27. The first-order valence-electron chi connectivity index (χ1n) is 9.55. The molecule has 4 rings (SSSR count). The standard InChI is InChI=1S/C22H23ClN2O3/c1-28-20-8-7-16(23)13-19(20)22(27)25-11-9-24(10-12-25)21(26)18-14-17(18)15-5-3-2-4-6-15/h2-8,13,17-18H,9-12,14H2,1H3/t17-,18+/m0/s1. The fourth-order valence-corrected chi connectivity index (χ4v) is 4.09. The molecule has 1 aliphatic heterocycles. The fourth-order valence-electron chi connectivity index (χ4n) is 3.92. The lowest BCUT2D eigenvalue weighted by Crippen LogP contribution is -2.51. The first-order chi connectivity index (χ1) is 13.6. The van der Waals surface area contributed by atoms with E-state index in [1.165, 1.54) is 12.7 Å². The van der Waals surface area contributed by atoms with E-state index in [0.29, 0.717) is 48.4 Å². The minimum atomic E-state index is -0.111. The summed E-state index contributed by atoms with van der Waals surface area (Å²) in [4.78, 5) is 29.4. The quantitative estimate of drug-likeness (QED) is 0.792. The summed E-state index contributed by atoms with van der Waals surface area (Å²) in [5, 5.41) is 0.499. The molecule has 1 saturated carbocycles. The molecule has 2 fully saturated rings. The molecule has 1 aliphatic carbocycles. The number of piperazine rings is 1. The van der Waals surface area contributed by atoms with Gasteiger partial charge in [-0.1, -0.05) is 41.9 Å². The summed E-state index contributed by atoms with van der Waals surface area (Å²) >= 11 is 6.05. The molecule has 28 heavy (non-hydrogen) atoms. The van der Waals surface area contributed by atoms with Gasteiger partial charge in [-0.05, 0) is 36.1 Å². The van der Waals surface area contributed by atoms with Crippen LogP contribution in [0.5, 0.6) is 5.75 Å². The van der Waals surface area contributed by atoms with Gasteiger partial charge in [0.15, 0.2) is 0 Å². The number of carbonyl (C=O) groups is 2. The molecular weight excluding hydrogens is 376 g/mol. The SMILES string of the molecule is COc1ccc(Cl)cc1C(=O)N1CCN(C(=O)[C@@H]2C[C@H]2c2ccccc2)CC1. The Balaban J connectivity index is 1.36. The Morgan fingerprint density at radius 1 is 1.00 bits per heavy atom. The molecule has 0 bridgehead atoms. The van der Waals surface area contributed by atoms with Crippen molar-refractivity contribution < 1.29 is 14.3 Å². The minimum absolute atomic E-state index is 0.0812. The molecule has 2 aromatic rings. The average Bonchev–Trinajstić information content (AvgIpc) is 3.54. The van der Waals surface area contributed by atoms with Crippen LogP contribution in [0.1, 0.15) is 28.3 Å². The minimum Gasteiger partial charge on any atom is -0.496 e. The van der Waals surface area contributed by atoms with Gasteiger partial charge in [0.25, 0.3) is 5.91 Å². The zero-order chi connectivity index (χ0) is 19.7. The zero-order valence-corrected chi connectivity index (χ0v) is 16.6. The van der Waals surface area contributed by atoms with Crippen LogP contribution in [-0.4, -0.2) is 54.9 Å². The summed E-state index contributed by atoms with van der Waals surface area (Å²) in [5.74, 6) is 1.03. The molecule has 146 valence electrons. The third-order valence-corrected chi connectivity index (χ3v) is 5.84. The van der Waals surface area contributed by atoms with E-state index in [0.717, 1.165) is 6.42 Å². The van der Waals surface area contributed by atoms with Crippen LogP contribution < -0.4 is 4.74 Å². The van der Waals surface area contributed by atoms with E-state index < -0.39 is 0 Å². The molecule has 0 radical (unpaired) electrons. The summed E-state index contributed by atoms with van der Waals surface area (Å²) in [6.45, 7) is 2.16. The van der Waals surface area contributed by atoms with Gasteiger partial charge in [-0.25, -0.2) is 0 Å². The van der Waals surface area contributed by atoms with Crippen LogP contribution in [0.15, 0.2) is 48.5 Å². The Hall–Kier alpha value is -2.53. The van der Waals surface area contributed by atoms with Gasteiger partial charge in [0.1, 0.15) is 5.75 Å². The molecule has 0 aromatic heterocycles. The fraction of sp³-hybridized carbons (Fsp3) is 0.364. The van der Waals surface area contributed by atoms with Crippen molar-refractivity contribution in [3.05, 3.63) is 64.7 Å². The highest BCUT2D eigenvalue weighted by Gasteiger charge is 2.46. The van der Waals surface area contributed by atoms with Gasteiger partial charge >= 0.3 is 0 Å². The molecule has 2 aliphatic rings. The summed E-state index contributed by atoms with van der Waals surface area (Å²) in [6, 6.07) is 15.2. The second-order valence-electron chi connectivity index (χ2n) is 7.32. The van der Waals surface area contributed by atoms with Crippen molar-refractivity contribution in [3.63, 3.8) is 0 Å². The van der Waals surface area contributed by atoms with Gasteiger partial charge in [0, 0.05) is 37.1 Å². The van der Waals surface area contributed by atoms with E-state index in [2.05, 4.69) is 12.1 Å². The van der Waals surface area contributed by atoms with Crippen molar-refractivity contribution in [2.75, 3.05) is 33.3 Å². The smallest absolute Gasteiger partial charge is 0.257 e. The van der Waals surface area contributed by atoms with Crippen LogP contribution in [0.2, 0.25) is 5.02 Å². The van der Waals surface area contributed by atoms with Crippen LogP contribution in [0.3, 0.4) is 0 Å². The van der Waals surface area contributed by atoms with Crippen molar-refractivity contribution in [1.82, 2.24) is 9.80 Å². The Morgan fingerprint density at radius 2 is 1.68 bits per heavy atom. The van der Waals surface area contributed by atoms with E-state index >= 15 is 0 Å². The molecule has 5 nitrogen and oxygen atoms in total. The number of ether oxygens (including phenoxy) is 1. The lowest BCUT2D eigenvalue weighted by molar-refractivity contribution is -0.134. The number of hydrogen-bond acceptors (Lipinski definition) is 3. The van der Waals surface area contributed by atoms with E-state index in [9.17, 15) is 9.59 Å². The van der Waals surface area contributed by atoms with Crippen LogP contribution in [0.4, 0.5) is 0 Å². The Labute approximate surface area is 169 Å². The van der Waals surface area contributed by atoms with E-state index in [4.69, 9.17) is 16.3 Å². The number of rotatable bonds is 4.